The van der Waals surface area contributed by atoms with Crippen molar-refractivity contribution in [3.05, 3.63) is 66.1 Å². The van der Waals surface area contributed by atoms with Crippen LogP contribution in [0.2, 0.25) is 0 Å². The topological polar surface area (TPSA) is 62.6 Å². The standard InChI is InChI=1S/C23H28N2O3/c26-22(10-4-8-19-6-2-1-3-7-19)24-18-20-13-15-25(16-14-20)23(27)12-11-21-9-5-17-28-21/h1-3,5-7,9,11-12,17,20H,4,8,10,13-16,18H2,(H,24,26)/b12-11+. The smallest absolute Gasteiger partial charge is 0.246 e. The third kappa shape index (κ3) is 6.41. The highest BCUT2D eigenvalue weighted by Gasteiger charge is 2.21. The fourth-order valence-corrected chi connectivity index (χ4v) is 3.45. The lowest BCUT2D eigenvalue weighted by Crippen LogP contribution is -2.40. The second-order valence-corrected chi connectivity index (χ2v) is 7.26. The number of hydrogen-bond donors (Lipinski definition) is 1. The van der Waals surface area contributed by atoms with Crippen LogP contribution in [0.3, 0.4) is 0 Å². The van der Waals surface area contributed by atoms with Crippen molar-refractivity contribution >= 4 is 17.9 Å². The van der Waals surface area contributed by atoms with Gasteiger partial charge in [-0.2, -0.15) is 0 Å². The van der Waals surface area contributed by atoms with E-state index in [0.717, 1.165) is 38.8 Å². The van der Waals surface area contributed by atoms with Crippen molar-refractivity contribution < 1.29 is 14.0 Å². The lowest BCUT2D eigenvalue weighted by molar-refractivity contribution is -0.127. The maximum Gasteiger partial charge on any atom is 0.246 e. The monoisotopic (exact) mass is 380 g/mol. The van der Waals surface area contributed by atoms with Crippen LogP contribution in [-0.4, -0.2) is 36.3 Å². The van der Waals surface area contributed by atoms with Crippen LogP contribution in [0.25, 0.3) is 6.08 Å². The second kappa shape index (κ2) is 10.5. The van der Waals surface area contributed by atoms with Crippen molar-refractivity contribution in [1.82, 2.24) is 10.2 Å². The number of piperidine rings is 1. The fourth-order valence-electron chi connectivity index (χ4n) is 3.45. The van der Waals surface area contributed by atoms with Crippen LogP contribution >= 0.6 is 0 Å². The Balaban J connectivity index is 1.29. The Morgan fingerprint density at radius 2 is 1.89 bits per heavy atom. The lowest BCUT2D eigenvalue weighted by atomic mass is 9.96. The van der Waals surface area contributed by atoms with E-state index < -0.39 is 0 Å². The molecule has 2 amide bonds. The van der Waals surface area contributed by atoms with Crippen LogP contribution in [0.4, 0.5) is 0 Å². The molecular weight excluding hydrogens is 352 g/mol. The molecule has 1 aromatic carbocycles. The summed E-state index contributed by atoms with van der Waals surface area (Å²) in [4.78, 5) is 26.1. The van der Waals surface area contributed by atoms with Crippen molar-refractivity contribution in [2.75, 3.05) is 19.6 Å². The summed E-state index contributed by atoms with van der Waals surface area (Å²) in [5, 5.41) is 3.06. The van der Waals surface area contributed by atoms with E-state index in [9.17, 15) is 9.59 Å². The fraction of sp³-hybridized carbons (Fsp3) is 0.391. The predicted octanol–water partition coefficient (Wildman–Crippen LogP) is 3.67. The normalized spacial score (nSPS) is 15.1. The van der Waals surface area contributed by atoms with Gasteiger partial charge in [0.15, 0.2) is 0 Å². The van der Waals surface area contributed by atoms with Gasteiger partial charge < -0.3 is 14.6 Å². The number of aryl methyl sites for hydroxylation is 1. The maximum atomic E-state index is 12.2. The van der Waals surface area contributed by atoms with E-state index in [0.29, 0.717) is 24.6 Å². The van der Waals surface area contributed by atoms with Crippen LogP contribution in [0.5, 0.6) is 0 Å². The number of carbonyl (C=O) groups excluding carboxylic acids is 2. The second-order valence-electron chi connectivity index (χ2n) is 7.26. The van der Waals surface area contributed by atoms with Crippen molar-refractivity contribution in [1.29, 1.82) is 0 Å². The molecule has 0 bridgehead atoms. The first-order chi connectivity index (χ1) is 13.7. The molecule has 1 aliphatic heterocycles. The summed E-state index contributed by atoms with van der Waals surface area (Å²) in [6.07, 6.45) is 9.05. The summed E-state index contributed by atoms with van der Waals surface area (Å²) in [6.45, 7) is 2.17. The highest BCUT2D eigenvalue weighted by Crippen LogP contribution is 2.17. The molecule has 0 radical (unpaired) electrons. The molecule has 0 unspecified atom stereocenters. The van der Waals surface area contributed by atoms with Gasteiger partial charge in [0.1, 0.15) is 5.76 Å². The molecule has 5 nitrogen and oxygen atoms in total. The molecule has 2 aromatic rings. The highest BCUT2D eigenvalue weighted by atomic mass is 16.3. The van der Waals surface area contributed by atoms with Crippen LogP contribution in [-0.2, 0) is 16.0 Å². The van der Waals surface area contributed by atoms with E-state index >= 15 is 0 Å². The van der Waals surface area contributed by atoms with Gasteiger partial charge in [-0.25, -0.2) is 0 Å². The van der Waals surface area contributed by atoms with Crippen molar-refractivity contribution in [3.63, 3.8) is 0 Å². The van der Waals surface area contributed by atoms with Gasteiger partial charge in [-0.1, -0.05) is 30.3 Å². The SMILES string of the molecule is O=C(CCCc1ccccc1)NCC1CCN(C(=O)/C=C/c2ccco2)CC1. The number of nitrogens with one attached hydrogen (secondary N) is 1. The van der Waals surface area contributed by atoms with E-state index in [2.05, 4.69) is 17.4 Å². The largest absolute Gasteiger partial charge is 0.465 e. The van der Waals surface area contributed by atoms with E-state index in [1.165, 1.54) is 5.56 Å². The molecule has 1 fully saturated rings. The summed E-state index contributed by atoms with van der Waals surface area (Å²) in [5.74, 6) is 1.25. The van der Waals surface area contributed by atoms with Gasteiger partial charge in [-0.05, 0) is 55.4 Å². The molecule has 1 N–H and O–H groups in total. The van der Waals surface area contributed by atoms with E-state index in [1.807, 2.05) is 29.2 Å². The number of rotatable bonds is 8. The zero-order chi connectivity index (χ0) is 19.6. The van der Waals surface area contributed by atoms with E-state index in [4.69, 9.17) is 4.42 Å². The zero-order valence-electron chi connectivity index (χ0n) is 16.2. The van der Waals surface area contributed by atoms with Gasteiger partial charge >= 0.3 is 0 Å². The molecule has 148 valence electrons. The summed E-state index contributed by atoms with van der Waals surface area (Å²) in [7, 11) is 0. The molecular formula is C23H28N2O3. The van der Waals surface area contributed by atoms with Gasteiger partial charge in [0, 0.05) is 32.1 Å². The maximum absolute atomic E-state index is 12.2. The van der Waals surface area contributed by atoms with Crippen LogP contribution in [0.1, 0.15) is 37.0 Å². The van der Waals surface area contributed by atoms with Crippen LogP contribution < -0.4 is 5.32 Å². The Bertz CT molecular complexity index is 760. The molecule has 1 aromatic heterocycles. The minimum atomic E-state index is 0.0137. The summed E-state index contributed by atoms with van der Waals surface area (Å²) in [5.41, 5.74) is 1.27. The summed E-state index contributed by atoms with van der Waals surface area (Å²) in [6, 6.07) is 13.9. The molecule has 2 heterocycles. The number of furan rings is 1. The molecule has 3 rings (SSSR count). The Morgan fingerprint density at radius 1 is 1.11 bits per heavy atom. The van der Waals surface area contributed by atoms with Gasteiger partial charge in [0.25, 0.3) is 0 Å². The number of nitrogens with zero attached hydrogens (tertiary/aromatic N) is 1. The minimum Gasteiger partial charge on any atom is -0.465 e. The first kappa shape index (κ1) is 19.9. The van der Waals surface area contributed by atoms with Gasteiger partial charge in [0.2, 0.25) is 11.8 Å². The molecule has 0 atom stereocenters. The van der Waals surface area contributed by atoms with E-state index in [-0.39, 0.29) is 11.8 Å². The molecule has 0 aliphatic carbocycles. The van der Waals surface area contributed by atoms with E-state index in [1.54, 1.807) is 24.5 Å². The number of likely N-dealkylation sites (tertiary alicyclic amines) is 1. The molecule has 0 spiro atoms. The average molecular weight is 380 g/mol. The van der Waals surface area contributed by atoms with Gasteiger partial charge in [-0.15, -0.1) is 0 Å². The number of carbonyl (C=O) groups is 2. The van der Waals surface area contributed by atoms with Crippen LogP contribution in [0.15, 0.2) is 59.2 Å². The molecule has 5 heteroatoms. The predicted molar refractivity (Wildman–Crippen MR) is 109 cm³/mol. The molecule has 1 saturated heterocycles. The third-order valence-corrected chi connectivity index (χ3v) is 5.16. The van der Waals surface area contributed by atoms with Gasteiger partial charge in [0.05, 0.1) is 6.26 Å². The first-order valence-electron chi connectivity index (χ1n) is 10.0. The zero-order valence-corrected chi connectivity index (χ0v) is 16.2. The Morgan fingerprint density at radius 3 is 2.61 bits per heavy atom. The Hall–Kier alpha value is -2.82. The molecule has 28 heavy (non-hydrogen) atoms. The Kier molecular flexibility index (Phi) is 7.47. The highest BCUT2D eigenvalue weighted by molar-refractivity contribution is 5.91. The van der Waals surface area contributed by atoms with Crippen molar-refractivity contribution in [2.45, 2.75) is 32.1 Å². The number of amides is 2. The summed E-state index contributed by atoms with van der Waals surface area (Å²) >= 11 is 0. The van der Waals surface area contributed by atoms with Crippen LogP contribution in [0, 0.1) is 5.92 Å². The first-order valence-corrected chi connectivity index (χ1v) is 10.0. The average Bonchev–Trinajstić information content (AvgIpc) is 3.25. The van der Waals surface area contributed by atoms with Crippen molar-refractivity contribution in [2.24, 2.45) is 5.92 Å². The Labute approximate surface area is 166 Å². The minimum absolute atomic E-state index is 0.0137. The molecule has 1 aliphatic rings. The third-order valence-electron chi connectivity index (χ3n) is 5.16. The number of benzene rings is 1. The lowest BCUT2D eigenvalue weighted by Gasteiger charge is -2.31. The van der Waals surface area contributed by atoms with Gasteiger partial charge in [-0.3, -0.25) is 9.59 Å². The quantitative estimate of drug-likeness (QED) is 0.711. The number of hydrogen-bond acceptors (Lipinski definition) is 3. The van der Waals surface area contributed by atoms with Crippen molar-refractivity contribution in [3.8, 4) is 0 Å². The molecule has 0 saturated carbocycles. The summed E-state index contributed by atoms with van der Waals surface area (Å²) < 4.78 is 5.20.